The standard InChI is InChI=1S/C28H28N2O3/c1-28(2,3)21-12-14-22(15-13-21)30-25(20-10-7-17-29-18-20)24(26(32)27(30)33)23(31)16-11-19-8-5-4-6-9-19/h4-10,12-15,17-18,25,32H,11,16H2,1-3H3. The zero-order chi connectivity index (χ0) is 23.6. The maximum atomic E-state index is 13.3. The highest BCUT2D eigenvalue weighted by Gasteiger charge is 2.44. The molecule has 0 fully saturated rings. The molecule has 33 heavy (non-hydrogen) atoms. The zero-order valence-electron chi connectivity index (χ0n) is 19.2. The van der Waals surface area contributed by atoms with Crippen LogP contribution in [0.4, 0.5) is 5.69 Å². The number of benzene rings is 2. The molecular formula is C28H28N2O3. The van der Waals surface area contributed by atoms with Gasteiger partial charge < -0.3 is 5.11 Å². The van der Waals surface area contributed by atoms with Gasteiger partial charge in [0.05, 0.1) is 11.6 Å². The molecule has 1 aliphatic rings. The zero-order valence-corrected chi connectivity index (χ0v) is 19.2. The Morgan fingerprint density at radius 3 is 2.30 bits per heavy atom. The lowest BCUT2D eigenvalue weighted by Gasteiger charge is -2.27. The number of nitrogens with zero attached hydrogens (tertiary/aromatic N) is 2. The van der Waals surface area contributed by atoms with Crippen LogP contribution in [-0.4, -0.2) is 21.8 Å². The number of anilines is 1. The number of rotatable bonds is 6. The van der Waals surface area contributed by atoms with Crippen molar-refractivity contribution in [3.63, 3.8) is 0 Å². The van der Waals surface area contributed by atoms with Gasteiger partial charge in [-0.1, -0.05) is 69.3 Å². The van der Waals surface area contributed by atoms with Gasteiger partial charge in [-0.15, -0.1) is 0 Å². The number of ketones is 1. The van der Waals surface area contributed by atoms with Crippen LogP contribution in [0.15, 0.2) is 90.5 Å². The van der Waals surface area contributed by atoms with Gasteiger partial charge in [0.25, 0.3) is 5.91 Å². The Balaban J connectivity index is 1.70. The summed E-state index contributed by atoms with van der Waals surface area (Å²) < 4.78 is 0. The normalized spacial score (nSPS) is 16.4. The third kappa shape index (κ3) is 4.58. The van der Waals surface area contributed by atoms with Crippen molar-refractivity contribution in [3.8, 4) is 0 Å². The van der Waals surface area contributed by atoms with Gasteiger partial charge in [-0.25, -0.2) is 0 Å². The van der Waals surface area contributed by atoms with E-state index in [2.05, 4.69) is 25.8 Å². The molecule has 0 aliphatic carbocycles. The first-order chi connectivity index (χ1) is 15.8. The Labute approximate surface area is 194 Å². The summed E-state index contributed by atoms with van der Waals surface area (Å²) in [6.07, 6.45) is 4.01. The van der Waals surface area contributed by atoms with Crippen molar-refractivity contribution in [2.45, 2.75) is 45.1 Å². The lowest BCUT2D eigenvalue weighted by atomic mass is 9.87. The topological polar surface area (TPSA) is 70.5 Å². The Hall–Kier alpha value is -3.73. The molecule has 1 atom stereocenters. The first kappa shape index (κ1) is 22.5. The number of carbonyl (C=O) groups excluding carboxylic acids is 2. The molecule has 5 heteroatoms. The minimum absolute atomic E-state index is 0.0325. The van der Waals surface area contributed by atoms with Crippen molar-refractivity contribution in [1.82, 2.24) is 4.98 Å². The molecule has 1 unspecified atom stereocenters. The maximum Gasteiger partial charge on any atom is 0.294 e. The summed E-state index contributed by atoms with van der Waals surface area (Å²) in [5.74, 6) is -1.30. The van der Waals surface area contributed by atoms with Crippen LogP contribution in [0.25, 0.3) is 0 Å². The smallest absolute Gasteiger partial charge is 0.294 e. The molecule has 5 nitrogen and oxygen atoms in total. The molecule has 2 aromatic carbocycles. The van der Waals surface area contributed by atoms with Crippen LogP contribution >= 0.6 is 0 Å². The monoisotopic (exact) mass is 440 g/mol. The van der Waals surface area contributed by atoms with Crippen molar-refractivity contribution in [1.29, 1.82) is 0 Å². The van der Waals surface area contributed by atoms with Crippen LogP contribution in [-0.2, 0) is 21.4 Å². The average Bonchev–Trinajstić information content (AvgIpc) is 3.09. The summed E-state index contributed by atoms with van der Waals surface area (Å²) in [6.45, 7) is 6.37. The van der Waals surface area contributed by atoms with Crippen LogP contribution in [0.2, 0.25) is 0 Å². The molecule has 3 aromatic rings. The van der Waals surface area contributed by atoms with Crippen molar-refractivity contribution in [2.24, 2.45) is 0 Å². The lowest BCUT2D eigenvalue weighted by molar-refractivity contribution is -0.118. The second kappa shape index (κ2) is 9.02. The molecule has 2 heterocycles. The van der Waals surface area contributed by atoms with E-state index in [1.165, 1.54) is 4.90 Å². The van der Waals surface area contributed by atoms with E-state index in [4.69, 9.17) is 0 Å². The molecule has 0 spiro atoms. The summed E-state index contributed by atoms with van der Waals surface area (Å²) in [4.78, 5) is 32.2. The minimum atomic E-state index is -0.727. The molecule has 0 radical (unpaired) electrons. The molecule has 4 rings (SSSR count). The van der Waals surface area contributed by atoms with Crippen molar-refractivity contribution in [3.05, 3.63) is 107 Å². The second-order valence-electron chi connectivity index (χ2n) is 9.33. The van der Waals surface area contributed by atoms with E-state index in [0.717, 1.165) is 11.1 Å². The molecule has 1 aromatic heterocycles. The first-order valence-corrected chi connectivity index (χ1v) is 11.1. The quantitative estimate of drug-likeness (QED) is 0.551. The van der Waals surface area contributed by atoms with E-state index in [0.29, 0.717) is 17.7 Å². The third-order valence-electron chi connectivity index (χ3n) is 6.00. The van der Waals surface area contributed by atoms with Gasteiger partial charge in [0.1, 0.15) is 0 Å². The van der Waals surface area contributed by atoms with Gasteiger partial charge in [-0.05, 0) is 46.7 Å². The molecule has 0 bridgehead atoms. The van der Waals surface area contributed by atoms with Gasteiger partial charge in [0.15, 0.2) is 11.5 Å². The lowest BCUT2D eigenvalue weighted by Crippen LogP contribution is -2.31. The van der Waals surface area contributed by atoms with E-state index < -0.39 is 17.7 Å². The Morgan fingerprint density at radius 2 is 1.70 bits per heavy atom. The highest BCUT2D eigenvalue weighted by atomic mass is 16.3. The van der Waals surface area contributed by atoms with Crippen LogP contribution in [0.1, 0.15) is 49.9 Å². The predicted molar refractivity (Wildman–Crippen MR) is 129 cm³/mol. The SMILES string of the molecule is CC(C)(C)c1ccc(N2C(=O)C(O)=C(C(=O)CCc3ccccc3)C2c2cccnc2)cc1. The third-order valence-corrected chi connectivity index (χ3v) is 6.00. The minimum Gasteiger partial charge on any atom is -0.503 e. The number of hydrogen-bond donors (Lipinski definition) is 1. The number of carbonyl (C=O) groups is 2. The van der Waals surface area contributed by atoms with E-state index in [1.54, 1.807) is 18.5 Å². The van der Waals surface area contributed by atoms with Gasteiger partial charge in [-0.2, -0.15) is 0 Å². The molecular weight excluding hydrogens is 412 g/mol. The van der Waals surface area contributed by atoms with Crippen LogP contribution in [0, 0.1) is 0 Å². The first-order valence-electron chi connectivity index (χ1n) is 11.1. The van der Waals surface area contributed by atoms with E-state index >= 15 is 0 Å². The second-order valence-corrected chi connectivity index (χ2v) is 9.33. The van der Waals surface area contributed by atoms with E-state index in [-0.39, 0.29) is 23.2 Å². The summed E-state index contributed by atoms with van der Waals surface area (Å²) in [7, 11) is 0. The van der Waals surface area contributed by atoms with Crippen LogP contribution in [0.3, 0.4) is 0 Å². The Morgan fingerprint density at radius 1 is 1.00 bits per heavy atom. The molecule has 1 N–H and O–H groups in total. The van der Waals surface area contributed by atoms with Crippen molar-refractivity contribution < 1.29 is 14.7 Å². The van der Waals surface area contributed by atoms with E-state index in [9.17, 15) is 14.7 Å². The van der Waals surface area contributed by atoms with Crippen molar-refractivity contribution in [2.75, 3.05) is 4.90 Å². The number of aromatic nitrogens is 1. The van der Waals surface area contributed by atoms with Gasteiger partial charge in [-0.3, -0.25) is 19.5 Å². The number of aryl methyl sites for hydroxylation is 1. The highest BCUT2D eigenvalue weighted by Crippen LogP contribution is 2.41. The Bertz CT molecular complexity index is 1180. The molecule has 0 saturated carbocycles. The molecule has 1 amide bonds. The summed E-state index contributed by atoms with van der Waals surface area (Å²) in [6, 6.07) is 20.3. The number of aliphatic hydroxyl groups is 1. The van der Waals surface area contributed by atoms with Crippen LogP contribution in [0.5, 0.6) is 0 Å². The molecule has 168 valence electrons. The van der Waals surface area contributed by atoms with Gasteiger partial charge >= 0.3 is 0 Å². The molecule has 0 saturated heterocycles. The number of Topliss-reactive ketones (excluding diaryl/α,β-unsaturated/α-hetero) is 1. The predicted octanol–water partition coefficient (Wildman–Crippen LogP) is 5.48. The fourth-order valence-electron chi connectivity index (χ4n) is 4.17. The van der Waals surface area contributed by atoms with Gasteiger partial charge in [0, 0.05) is 24.5 Å². The maximum absolute atomic E-state index is 13.3. The molecule has 1 aliphatic heterocycles. The van der Waals surface area contributed by atoms with E-state index in [1.807, 2.05) is 60.7 Å². The number of pyridine rings is 1. The highest BCUT2D eigenvalue weighted by molar-refractivity contribution is 6.16. The number of aliphatic hydroxyl groups excluding tert-OH is 1. The average molecular weight is 441 g/mol. The summed E-state index contributed by atoms with van der Waals surface area (Å²) in [5, 5.41) is 10.8. The van der Waals surface area contributed by atoms with Crippen molar-refractivity contribution >= 4 is 17.4 Å². The summed E-state index contributed by atoms with van der Waals surface area (Å²) >= 11 is 0. The number of hydrogen-bond acceptors (Lipinski definition) is 4. The largest absolute Gasteiger partial charge is 0.503 e. The summed E-state index contributed by atoms with van der Waals surface area (Å²) in [5.41, 5.74) is 3.56. The number of amides is 1. The Kier molecular flexibility index (Phi) is 6.14. The fourth-order valence-corrected chi connectivity index (χ4v) is 4.17. The van der Waals surface area contributed by atoms with Crippen LogP contribution < -0.4 is 4.90 Å². The fraction of sp³-hybridized carbons (Fsp3) is 0.250. The van der Waals surface area contributed by atoms with Gasteiger partial charge in [0.2, 0.25) is 0 Å².